The Morgan fingerprint density at radius 1 is 0.352 bits per heavy atom. The summed E-state index contributed by atoms with van der Waals surface area (Å²) in [5.74, 6) is 0.717. The van der Waals surface area contributed by atoms with Crippen LogP contribution in [0.25, 0.3) is 103 Å². The smallest absolute Gasteiger partial charge is 0.160 e. The lowest BCUT2D eigenvalue weighted by molar-refractivity contribution is 1.18. The molecule has 252 valence electrons. The summed E-state index contributed by atoms with van der Waals surface area (Å²) in [6.45, 7) is 0. The minimum absolute atomic E-state index is 0.717. The Balaban J connectivity index is 1.01. The second-order valence-electron chi connectivity index (χ2n) is 13.8. The first-order valence-electron chi connectivity index (χ1n) is 18.2. The highest BCUT2D eigenvalue weighted by atomic mass is 32.1. The quantitative estimate of drug-likeness (QED) is 0.178. The summed E-state index contributed by atoms with van der Waals surface area (Å²) >= 11 is 1.85. The van der Waals surface area contributed by atoms with Gasteiger partial charge in [-0.15, -0.1) is 11.3 Å². The van der Waals surface area contributed by atoms with E-state index < -0.39 is 0 Å². The SMILES string of the molecule is c1ccc(-c2nc(-c3ccc(-c4ccc5c(c4)sc4ccccc45)cc3)nc3ccc(-c4ccc5c6ccccc6n(-c6ccccc6)c5c4)cc23)cc1. The molecule has 0 saturated heterocycles. The molecule has 0 fully saturated rings. The van der Waals surface area contributed by atoms with Crippen molar-refractivity contribution in [1.29, 1.82) is 0 Å². The van der Waals surface area contributed by atoms with Crippen molar-refractivity contribution < 1.29 is 0 Å². The lowest BCUT2D eigenvalue weighted by atomic mass is 9.98. The molecule has 4 heteroatoms. The molecule has 3 heterocycles. The van der Waals surface area contributed by atoms with Crippen molar-refractivity contribution >= 4 is 64.2 Å². The van der Waals surface area contributed by atoms with Crippen LogP contribution < -0.4 is 0 Å². The fraction of sp³-hybridized carbons (Fsp3) is 0. The van der Waals surface area contributed by atoms with E-state index in [0.717, 1.165) is 50.4 Å². The maximum atomic E-state index is 5.26. The van der Waals surface area contributed by atoms with Crippen molar-refractivity contribution in [3.63, 3.8) is 0 Å². The Hall–Kier alpha value is -6.88. The fourth-order valence-electron chi connectivity index (χ4n) is 7.98. The van der Waals surface area contributed by atoms with Crippen LogP contribution in [0.5, 0.6) is 0 Å². The number of benzene rings is 8. The third-order valence-electron chi connectivity index (χ3n) is 10.6. The van der Waals surface area contributed by atoms with E-state index in [2.05, 4.69) is 193 Å². The zero-order chi connectivity index (χ0) is 35.6. The number of rotatable bonds is 5. The number of fused-ring (bicyclic) bond motifs is 7. The summed E-state index contributed by atoms with van der Waals surface area (Å²) in [4.78, 5) is 10.4. The molecule has 0 aliphatic rings. The molecule has 0 aliphatic heterocycles. The molecular formula is C50H31N3S. The van der Waals surface area contributed by atoms with Gasteiger partial charge in [0.15, 0.2) is 5.82 Å². The van der Waals surface area contributed by atoms with Crippen LogP contribution in [-0.2, 0) is 0 Å². The van der Waals surface area contributed by atoms with E-state index in [-0.39, 0.29) is 0 Å². The maximum absolute atomic E-state index is 5.26. The van der Waals surface area contributed by atoms with Crippen LogP contribution >= 0.6 is 11.3 Å². The van der Waals surface area contributed by atoms with Crippen LogP contribution in [0.3, 0.4) is 0 Å². The fourth-order valence-corrected chi connectivity index (χ4v) is 9.12. The van der Waals surface area contributed by atoms with Crippen LogP contribution in [0.4, 0.5) is 0 Å². The zero-order valence-electron chi connectivity index (χ0n) is 29.1. The van der Waals surface area contributed by atoms with Crippen LogP contribution in [0.2, 0.25) is 0 Å². The topological polar surface area (TPSA) is 30.7 Å². The van der Waals surface area contributed by atoms with Gasteiger partial charge in [-0.3, -0.25) is 0 Å². The number of para-hydroxylation sites is 2. The van der Waals surface area contributed by atoms with Gasteiger partial charge in [0.2, 0.25) is 0 Å². The summed E-state index contributed by atoms with van der Waals surface area (Å²) in [7, 11) is 0. The highest BCUT2D eigenvalue weighted by molar-refractivity contribution is 7.25. The van der Waals surface area contributed by atoms with Crippen molar-refractivity contribution in [2.24, 2.45) is 0 Å². The summed E-state index contributed by atoms with van der Waals surface area (Å²) < 4.78 is 5.00. The predicted octanol–water partition coefficient (Wildman–Crippen LogP) is 13.8. The first-order valence-corrected chi connectivity index (χ1v) is 19.1. The third kappa shape index (κ3) is 5.03. The van der Waals surface area contributed by atoms with E-state index in [9.17, 15) is 0 Å². The molecule has 0 saturated carbocycles. The van der Waals surface area contributed by atoms with Gasteiger partial charge in [0.05, 0.1) is 22.2 Å². The van der Waals surface area contributed by atoms with Gasteiger partial charge in [-0.1, -0.05) is 140 Å². The number of hydrogen-bond acceptors (Lipinski definition) is 3. The molecule has 0 aliphatic carbocycles. The Labute approximate surface area is 316 Å². The first-order chi connectivity index (χ1) is 26.7. The lowest BCUT2D eigenvalue weighted by Gasteiger charge is -2.12. The third-order valence-corrected chi connectivity index (χ3v) is 11.8. The molecule has 11 aromatic rings. The highest BCUT2D eigenvalue weighted by Gasteiger charge is 2.16. The molecule has 0 unspecified atom stereocenters. The van der Waals surface area contributed by atoms with E-state index >= 15 is 0 Å². The van der Waals surface area contributed by atoms with Crippen molar-refractivity contribution in [3.8, 4) is 50.6 Å². The van der Waals surface area contributed by atoms with E-state index in [1.165, 1.54) is 53.1 Å². The minimum atomic E-state index is 0.717. The van der Waals surface area contributed by atoms with E-state index in [1.54, 1.807) is 0 Å². The zero-order valence-corrected chi connectivity index (χ0v) is 30.0. The summed E-state index contributed by atoms with van der Waals surface area (Å²) in [5.41, 5.74) is 12.1. The molecule has 3 nitrogen and oxygen atoms in total. The normalized spacial score (nSPS) is 11.7. The molecule has 11 rings (SSSR count). The van der Waals surface area contributed by atoms with Crippen LogP contribution in [0, 0.1) is 0 Å². The average Bonchev–Trinajstić information content (AvgIpc) is 3.79. The molecule has 0 atom stereocenters. The Morgan fingerprint density at radius 2 is 0.944 bits per heavy atom. The molecule has 54 heavy (non-hydrogen) atoms. The van der Waals surface area contributed by atoms with Gasteiger partial charge in [-0.05, 0) is 70.8 Å². The van der Waals surface area contributed by atoms with Crippen molar-refractivity contribution in [3.05, 3.63) is 188 Å². The Morgan fingerprint density at radius 3 is 1.78 bits per heavy atom. The minimum Gasteiger partial charge on any atom is -0.309 e. The van der Waals surface area contributed by atoms with Crippen LogP contribution in [0.15, 0.2) is 188 Å². The molecule has 0 N–H and O–H groups in total. The molecule has 3 aromatic heterocycles. The molecule has 0 bridgehead atoms. The molecule has 0 radical (unpaired) electrons. The Bertz CT molecular complexity index is 3200. The van der Waals surface area contributed by atoms with Gasteiger partial charge >= 0.3 is 0 Å². The number of thiophene rings is 1. The van der Waals surface area contributed by atoms with Crippen molar-refractivity contribution in [1.82, 2.24) is 14.5 Å². The Kier molecular flexibility index (Phi) is 7.04. The van der Waals surface area contributed by atoms with Gasteiger partial charge in [0, 0.05) is 53.1 Å². The summed E-state index contributed by atoms with van der Waals surface area (Å²) in [6, 6.07) is 67.3. The van der Waals surface area contributed by atoms with E-state index in [4.69, 9.17) is 9.97 Å². The molecule has 0 amide bonds. The van der Waals surface area contributed by atoms with E-state index in [0.29, 0.717) is 0 Å². The van der Waals surface area contributed by atoms with Crippen LogP contribution in [0.1, 0.15) is 0 Å². The molecule has 0 spiro atoms. The van der Waals surface area contributed by atoms with Gasteiger partial charge in [-0.25, -0.2) is 9.97 Å². The molecule has 8 aromatic carbocycles. The van der Waals surface area contributed by atoms with E-state index in [1.807, 2.05) is 11.3 Å². The van der Waals surface area contributed by atoms with Gasteiger partial charge in [0.25, 0.3) is 0 Å². The number of nitrogens with zero attached hydrogens (tertiary/aromatic N) is 3. The highest BCUT2D eigenvalue weighted by Crippen LogP contribution is 2.39. The van der Waals surface area contributed by atoms with Crippen LogP contribution in [-0.4, -0.2) is 14.5 Å². The van der Waals surface area contributed by atoms with Gasteiger partial charge < -0.3 is 4.57 Å². The number of aromatic nitrogens is 3. The average molecular weight is 706 g/mol. The predicted molar refractivity (Wildman–Crippen MR) is 229 cm³/mol. The van der Waals surface area contributed by atoms with Crippen molar-refractivity contribution in [2.45, 2.75) is 0 Å². The maximum Gasteiger partial charge on any atom is 0.160 e. The first kappa shape index (κ1) is 30.7. The monoisotopic (exact) mass is 705 g/mol. The number of hydrogen-bond donors (Lipinski definition) is 0. The largest absolute Gasteiger partial charge is 0.309 e. The standard InChI is InChI=1S/C50H31N3S/c1-3-11-33(12-4-1)49-43-29-35(36-23-26-40-39-15-7-9-17-45(39)53(46(40)30-36)38-13-5-2-6-14-38)25-28-44(43)51-50(52-49)34-21-19-32(20-22-34)37-24-27-42-41-16-8-10-18-47(41)54-48(42)31-37/h1-31H. The summed E-state index contributed by atoms with van der Waals surface area (Å²) in [5, 5.41) is 6.15. The summed E-state index contributed by atoms with van der Waals surface area (Å²) in [6.07, 6.45) is 0. The van der Waals surface area contributed by atoms with Gasteiger partial charge in [-0.2, -0.15) is 0 Å². The lowest BCUT2D eigenvalue weighted by Crippen LogP contribution is -1.96. The second-order valence-corrected chi connectivity index (χ2v) is 14.9. The molecular weight excluding hydrogens is 675 g/mol. The van der Waals surface area contributed by atoms with Crippen molar-refractivity contribution in [2.75, 3.05) is 0 Å². The van der Waals surface area contributed by atoms with Gasteiger partial charge in [0.1, 0.15) is 0 Å². The second kappa shape index (κ2) is 12.4.